The zero-order chi connectivity index (χ0) is 13.3. The van der Waals surface area contributed by atoms with E-state index >= 15 is 0 Å². The molecule has 0 atom stereocenters. The number of methoxy groups -OCH3 is 1. The van der Waals surface area contributed by atoms with Gasteiger partial charge in [0, 0.05) is 31.0 Å². The maximum Gasteiger partial charge on any atom is 0.332 e. The molecular weight excluding hydrogens is 218 g/mol. The molecule has 0 radical (unpaired) electrons. The summed E-state index contributed by atoms with van der Waals surface area (Å²) in [6.07, 6.45) is 1.71. The molecule has 0 aromatic rings. The van der Waals surface area contributed by atoms with Crippen molar-refractivity contribution in [1.82, 2.24) is 4.90 Å². The fraction of sp³-hybridized carbons (Fsp3) is 0.923. The van der Waals surface area contributed by atoms with Crippen LogP contribution in [-0.2, 0) is 14.3 Å². The number of carbonyl (C=O) groups is 1. The van der Waals surface area contributed by atoms with Gasteiger partial charge in [-0.05, 0) is 34.7 Å². The Labute approximate surface area is 104 Å². The molecule has 1 rings (SSSR count). The van der Waals surface area contributed by atoms with Crippen LogP contribution in [0.2, 0.25) is 0 Å². The van der Waals surface area contributed by atoms with Crippen molar-refractivity contribution in [1.29, 1.82) is 0 Å². The van der Waals surface area contributed by atoms with E-state index in [-0.39, 0.29) is 29.8 Å². The van der Waals surface area contributed by atoms with Gasteiger partial charge in [-0.2, -0.15) is 0 Å². The largest absolute Gasteiger partial charge is 0.461 e. The van der Waals surface area contributed by atoms with Crippen LogP contribution in [0.15, 0.2) is 0 Å². The molecule has 0 aromatic carbocycles. The molecule has 0 spiro atoms. The third kappa shape index (κ3) is 3.42. The normalized spacial score (nSPS) is 24.6. The lowest BCUT2D eigenvalue weighted by Crippen LogP contribution is -2.60. The SMILES string of the molecule is COCC(=O)OC1CC(C)(C)N(C)C(C)(C)C1. The van der Waals surface area contributed by atoms with Gasteiger partial charge in [-0.25, -0.2) is 4.79 Å². The number of hydrogen-bond donors (Lipinski definition) is 0. The Bertz CT molecular complexity index is 268. The maximum absolute atomic E-state index is 11.5. The van der Waals surface area contributed by atoms with Crippen molar-refractivity contribution in [2.45, 2.75) is 57.7 Å². The van der Waals surface area contributed by atoms with Crippen LogP contribution in [0, 0.1) is 0 Å². The van der Waals surface area contributed by atoms with Crippen LogP contribution in [0.25, 0.3) is 0 Å². The monoisotopic (exact) mass is 243 g/mol. The minimum atomic E-state index is -0.270. The van der Waals surface area contributed by atoms with E-state index in [9.17, 15) is 4.79 Å². The summed E-state index contributed by atoms with van der Waals surface area (Å²) >= 11 is 0. The molecule has 0 aliphatic carbocycles. The number of carbonyl (C=O) groups excluding carboxylic acids is 1. The molecule has 100 valence electrons. The number of ether oxygens (including phenoxy) is 2. The minimum absolute atomic E-state index is 0.0150. The van der Waals surface area contributed by atoms with Crippen LogP contribution in [0.4, 0.5) is 0 Å². The van der Waals surface area contributed by atoms with E-state index in [4.69, 9.17) is 9.47 Å². The van der Waals surface area contributed by atoms with Gasteiger partial charge in [-0.3, -0.25) is 4.90 Å². The van der Waals surface area contributed by atoms with Gasteiger partial charge in [0.05, 0.1) is 0 Å². The molecule has 1 saturated heterocycles. The van der Waals surface area contributed by atoms with Crippen LogP contribution in [0.5, 0.6) is 0 Å². The number of nitrogens with zero attached hydrogens (tertiary/aromatic N) is 1. The summed E-state index contributed by atoms with van der Waals surface area (Å²) in [4.78, 5) is 13.8. The van der Waals surface area contributed by atoms with Crippen LogP contribution in [0.1, 0.15) is 40.5 Å². The van der Waals surface area contributed by atoms with Crippen molar-refractivity contribution in [2.24, 2.45) is 0 Å². The zero-order valence-electron chi connectivity index (χ0n) is 11.9. The van der Waals surface area contributed by atoms with Crippen molar-refractivity contribution in [3.8, 4) is 0 Å². The lowest BCUT2D eigenvalue weighted by atomic mass is 9.79. The summed E-state index contributed by atoms with van der Waals surface area (Å²) in [5, 5.41) is 0. The Balaban J connectivity index is 2.68. The van der Waals surface area contributed by atoms with Gasteiger partial charge in [0.15, 0.2) is 0 Å². The van der Waals surface area contributed by atoms with Gasteiger partial charge >= 0.3 is 5.97 Å². The second kappa shape index (κ2) is 4.94. The smallest absolute Gasteiger partial charge is 0.332 e. The predicted molar refractivity (Wildman–Crippen MR) is 66.9 cm³/mol. The molecule has 0 amide bonds. The van der Waals surface area contributed by atoms with Crippen molar-refractivity contribution in [3.05, 3.63) is 0 Å². The van der Waals surface area contributed by atoms with E-state index in [0.29, 0.717) is 0 Å². The molecule has 0 unspecified atom stereocenters. The summed E-state index contributed by atoms with van der Waals surface area (Å²) in [6.45, 7) is 8.78. The average Bonchev–Trinajstić information content (AvgIpc) is 2.13. The summed E-state index contributed by atoms with van der Waals surface area (Å²) in [7, 11) is 3.64. The van der Waals surface area contributed by atoms with E-state index in [1.807, 2.05) is 0 Å². The summed E-state index contributed by atoms with van der Waals surface area (Å²) in [6, 6.07) is 0. The van der Waals surface area contributed by atoms with Crippen molar-refractivity contribution < 1.29 is 14.3 Å². The Hall–Kier alpha value is -0.610. The molecule has 0 N–H and O–H groups in total. The van der Waals surface area contributed by atoms with E-state index in [2.05, 4.69) is 39.6 Å². The standard InChI is InChI=1S/C13H25NO3/c1-12(2)7-10(17-11(15)9-16-6)8-13(3,4)14(12)5/h10H,7-9H2,1-6H3. The lowest BCUT2D eigenvalue weighted by molar-refractivity contribution is -0.162. The molecule has 1 aliphatic rings. The highest BCUT2D eigenvalue weighted by Crippen LogP contribution is 2.38. The third-order valence-electron chi connectivity index (χ3n) is 3.83. The second-order valence-corrected chi connectivity index (χ2v) is 6.14. The van der Waals surface area contributed by atoms with E-state index in [1.54, 1.807) is 0 Å². The summed E-state index contributed by atoms with van der Waals surface area (Å²) in [5.74, 6) is -0.270. The molecule has 17 heavy (non-hydrogen) atoms. The van der Waals surface area contributed by atoms with Crippen molar-refractivity contribution in [3.63, 3.8) is 0 Å². The quantitative estimate of drug-likeness (QED) is 0.709. The summed E-state index contributed by atoms with van der Waals surface area (Å²) < 4.78 is 10.2. The van der Waals surface area contributed by atoms with Gasteiger partial charge in [0.1, 0.15) is 12.7 Å². The van der Waals surface area contributed by atoms with Crippen LogP contribution >= 0.6 is 0 Å². The Morgan fingerprint density at radius 3 is 2.12 bits per heavy atom. The Kier molecular flexibility index (Phi) is 4.20. The lowest BCUT2D eigenvalue weighted by Gasteiger charge is -2.53. The van der Waals surface area contributed by atoms with Crippen LogP contribution < -0.4 is 0 Å². The topological polar surface area (TPSA) is 38.8 Å². The molecule has 0 bridgehead atoms. The zero-order valence-corrected chi connectivity index (χ0v) is 11.9. The number of hydrogen-bond acceptors (Lipinski definition) is 4. The number of rotatable bonds is 3. The molecule has 4 heteroatoms. The molecule has 1 heterocycles. The number of piperidine rings is 1. The average molecular weight is 243 g/mol. The highest BCUT2D eigenvalue weighted by Gasteiger charge is 2.44. The Morgan fingerprint density at radius 2 is 1.71 bits per heavy atom. The first-order valence-electron chi connectivity index (χ1n) is 6.11. The van der Waals surface area contributed by atoms with Gasteiger partial charge in [-0.15, -0.1) is 0 Å². The third-order valence-corrected chi connectivity index (χ3v) is 3.83. The van der Waals surface area contributed by atoms with E-state index in [1.165, 1.54) is 7.11 Å². The Morgan fingerprint density at radius 1 is 1.24 bits per heavy atom. The summed E-state index contributed by atoms with van der Waals surface area (Å²) in [5.41, 5.74) is 0.0829. The molecular formula is C13H25NO3. The van der Waals surface area contributed by atoms with Gasteiger partial charge < -0.3 is 9.47 Å². The molecule has 0 aromatic heterocycles. The molecule has 4 nitrogen and oxygen atoms in total. The van der Waals surface area contributed by atoms with Crippen LogP contribution in [-0.4, -0.2) is 48.8 Å². The second-order valence-electron chi connectivity index (χ2n) is 6.14. The minimum Gasteiger partial charge on any atom is -0.461 e. The fourth-order valence-electron chi connectivity index (χ4n) is 2.70. The number of esters is 1. The van der Waals surface area contributed by atoms with Gasteiger partial charge in [0.25, 0.3) is 0 Å². The molecule has 1 fully saturated rings. The first-order valence-corrected chi connectivity index (χ1v) is 6.11. The first-order chi connectivity index (χ1) is 7.69. The number of likely N-dealkylation sites (tertiary alicyclic amines) is 1. The molecule has 1 aliphatic heterocycles. The maximum atomic E-state index is 11.5. The fourth-order valence-corrected chi connectivity index (χ4v) is 2.70. The van der Waals surface area contributed by atoms with E-state index < -0.39 is 0 Å². The first kappa shape index (κ1) is 14.5. The highest BCUT2D eigenvalue weighted by atomic mass is 16.6. The highest BCUT2D eigenvalue weighted by molar-refractivity contribution is 5.70. The van der Waals surface area contributed by atoms with E-state index in [0.717, 1.165) is 12.8 Å². The van der Waals surface area contributed by atoms with Crippen molar-refractivity contribution >= 4 is 5.97 Å². The van der Waals surface area contributed by atoms with Gasteiger partial charge in [0.2, 0.25) is 0 Å². The predicted octanol–water partition coefficient (Wildman–Crippen LogP) is 1.83. The van der Waals surface area contributed by atoms with Crippen molar-refractivity contribution in [2.75, 3.05) is 20.8 Å². The van der Waals surface area contributed by atoms with Crippen LogP contribution in [0.3, 0.4) is 0 Å². The van der Waals surface area contributed by atoms with Gasteiger partial charge in [-0.1, -0.05) is 0 Å². The molecule has 0 saturated carbocycles.